The zero-order valence-corrected chi connectivity index (χ0v) is 8.13. The average molecular weight is 189 g/mol. The molecule has 0 spiro atoms. The van der Waals surface area contributed by atoms with Gasteiger partial charge in [0, 0.05) is 12.1 Å². The Hall–Kier alpha value is -1.77. The van der Waals surface area contributed by atoms with Crippen LogP contribution >= 0.6 is 0 Å². The number of aromatic amines is 1. The Bertz CT molecular complexity index is 528. The van der Waals surface area contributed by atoms with Gasteiger partial charge in [-0.3, -0.25) is 4.79 Å². The number of hydrogen-bond donors (Lipinski definition) is 1. The van der Waals surface area contributed by atoms with Gasteiger partial charge in [0.25, 0.3) is 0 Å². The molecule has 0 fully saturated rings. The van der Waals surface area contributed by atoms with E-state index >= 15 is 0 Å². The first-order chi connectivity index (χ1) is 6.70. The van der Waals surface area contributed by atoms with Crippen molar-refractivity contribution in [3.8, 4) is 5.75 Å². The lowest BCUT2D eigenvalue weighted by molar-refractivity contribution is 0.412. The van der Waals surface area contributed by atoms with E-state index in [2.05, 4.69) is 4.98 Å². The molecule has 0 aliphatic carbocycles. The second-order valence-corrected chi connectivity index (χ2v) is 3.23. The van der Waals surface area contributed by atoms with E-state index in [9.17, 15) is 4.79 Å². The Labute approximate surface area is 81.3 Å². The summed E-state index contributed by atoms with van der Waals surface area (Å²) in [5.41, 5.74) is 1.77. The van der Waals surface area contributed by atoms with Crippen LogP contribution < -0.4 is 10.3 Å². The Morgan fingerprint density at radius 1 is 1.29 bits per heavy atom. The first kappa shape index (κ1) is 8.81. The van der Waals surface area contributed by atoms with Crippen molar-refractivity contribution in [2.75, 3.05) is 7.11 Å². The summed E-state index contributed by atoms with van der Waals surface area (Å²) in [6.45, 7) is 1.98. The van der Waals surface area contributed by atoms with Gasteiger partial charge in [0.05, 0.1) is 12.6 Å². The third-order valence-corrected chi connectivity index (χ3v) is 2.24. The van der Waals surface area contributed by atoms with Gasteiger partial charge in [-0.15, -0.1) is 0 Å². The number of fused-ring (bicyclic) bond motifs is 1. The van der Waals surface area contributed by atoms with E-state index in [0.717, 1.165) is 22.2 Å². The number of hydrogen-bond acceptors (Lipinski definition) is 2. The van der Waals surface area contributed by atoms with E-state index in [-0.39, 0.29) is 5.56 Å². The highest BCUT2D eigenvalue weighted by Gasteiger charge is 2.01. The first-order valence-corrected chi connectivity index (χ1v) is 4.38. The summed E-state index contributed by atoms with van der Waals surface area (Å²) >= 11 is 0. The fraction of sp³-hybridized carbons (Fsp3) is 0.182. The standard InChI is InChI=1S/C11H11NO2/c1-7-5-8-3-4-11(13)12-9(8)6-10(7)14-2/h3-6H,1-2H3,(H,12,13). The molecule has 0 unspecified atom stereocenters. The smallest absolute Gasteiger partial charge is 0.248 e. The third-order valence-electron chi connectivity index (χ3n) is 2.24. The van der Waals surface area contributed by atoms with Crippen LogP contribution in [-0.2, 0) is 0 Å². The van der Waals surface area contributed by atoms with E-state index in [1.807, 2.05) is 19.1 Å². The van der Waals surface area contributed by atoms with Crippen molar-refractivity contribution in [1.82, 2.24) is 4.98 Å². The SMILES string of the molecule is COc1cc2[nH]c(=O)ccc2cc1C. The fourth-order valence-corrected chi connectivity index (χ4v) is 1.52. The van der Waals surface area contributed by atoms with Gasteiger partial charge in [-0.25, -0.2) is 0 Å². The molecule has 0 aliphatic heterocycles. The summed E-state index contributed by atoms with van der Waals surface area (Å²) in [6, 6.07) is 7.16. The van der Waals surface area contributed by atoms with Gasteiger partial charge in [-0.1, -0.05) is 0 Å². The molecule has 0 saturated carbocycles. The van der Waals surface area contributed by atoms with E-state index in [1.54, 1.807) is 13.2 Å². The van der Waals surface area contributed by atoms with Crippen LogP contribution in [0.25, 0.3) is 10.9 Å². The maximum Gasteiger partial charge on any atom is 0.248 e. The molecule has 0 atom stereocenters. The monoisotopic (exact) mass is 189 g/mol. The van der Waals surface area contributed by atoms with Crippen LogP contribution in [0, 0.1) is 6.92 Å². The first-order valence-electron chi connectivity index (χ1n) is 4.38. The van der Waals surface area contributed by atoms with E-state index in [1.165, 1.54) is 6.07 Å². The van der Waals surface area contributed by atoms with E-state index in [0.29, 0.717) is 0 Å². The molecule has 0 amide bonds. The predicted octanol–water partition coefficient (Wildman–Crippen LogP) is 1.85. The van der Waals surface area contributed by atoms with Gasteiger partial charge in [0.1, 0.15) is 5.75 Å². The molecule has 1 aromatic heterocycles. The minimum Gasteiger partial charge on any atom is -0.496 e. The number of methoxy groups -OCH3 is 1. The summed E-state index contributed by atoms with van der Waals surface area (Å²) < 4.78 is 5.17. The second-order valence-electron chi connectivity index (χ2n) is 3.23. The summed E-state index contributed by atoms with van der Waals surface area (Å²) in [5, 5.41) is 1.02. The third kappa shape index (κ3) is 1.37. The molecule has 0 radical (unpaired) electrons. The molecule has 2 aromatic rings. The van der Waals surface area contributed by atoms with Crippen molar-refractivity contribution >= 4 is 10.9 Å². The summed E-state index contributed by atoms with van der Waals surface area (Å²) in [6.07, 6.45) is 0. The van der Waals surface area contributed by atoms with Crippen LogP contribution in [0.1, 0.15) is 5.56 Å². The number of H-pyrrole nitrogens is 1. The van der Waals surface area contributed by atoms with Crippen molar-refractivity contribution in [3.05, 3.63) is 40.2 Å². The molecule has 0 bridgehead atoms. The largest absolute Gasteiger partial charge is 0.496 e. The van der Waals surface area contributed by atoms with Gasteiger partial charge in [0.15, 0.2) is 0 Å². The summed E-state index contributed by atoms with van der Waals surface area (Å²) in [7, 11) is 1.62. The highest BCUT2D eigenvalue weighted by molar-refractivity contribution is 5.81. The molecule has 14 heavy (non-hydrogen) atoms. The highest BCUT2D eigenvalue weighted by atomic mass is 16.5. The summed E-state index contributed by atoms with van der Waals surface area (Å²) in [5.74, 6) is 0.791. The Morgan fingerprint density at radius 3 is 2.79 bits per heavy atom. The van der Waals surface area contributed by atoms with Crippen molar-refractivity contribution in [1.29, 1.82) is 0 Å². The zero-order valence-electron chi connectivity index (χ0n) is 8.13. The van der Waals surface area contributed by atoms with Gasteiger partial charge >= 0.3 is 0 Å². The lowest BCUT2D eigenvalue weighted by Gasteiger charge is -2.05. The number of ether oxygens (including phenoxy) is 1. The van der Waals surface area contributed by atoms with E-state index in [4.69, 9.17) is 4.74 Å². The van der Waals surface area contributed by atoms with Crippen molar-refractivity contribution in [3.63, 3.8) is 0 Å². The van der Waals surface area contributed by atoms with Crippen LogP contribution in [0.5, 0.6) is 5.75 Å². The van der Waals surface area contributed by atoms with Gasteiger partial charge in [0.2, 0.25) is 5.56 Å². The maximum absolute atomic E-state index is 11.1. The molecule has 1 aromatic carbocycles. The normalized spacial score (nSPS) is 10.4. The van der Waals surface area contributed by atoms with Crippen LogP contribution in [0.4, 0.5) is 0 Å². The topological polar surface area (TPSA) is 42.1 Å². The van der Waals surface area contributed by atoms with Crippen LogP contribution in [0.3, 0.4) is 0 Å². The van der Waals surface area contributed by atoms with E-state index < -0.39 is 0 Å². The molecule has 3 heteroatoms. The lowest BCUT2D eigenvalue weighted by Crippen LogP contribution is -2.02. The quantitative estimate of drug-likeness (QED) is 0.743. The molecule has 1 N–H and O–H groups in total. The molecule has 72 valence electrons. The van der Waals surface area contributed by atoms with Crippen molar-refractivity contribution in [2.45, 2.75) is 6.92 Å². The fourth-order valence-electron chi connectivity index (χ4n) is 1.52. The maximum atomic E-state index is 11.1. The Balaban J connectivity index is 2.80. The number of pyridine rings is 1. The Morgan fingerprint density at radius 2 is 2.07 bits per heavy atom. The molecule has 1 heterocycles. The van der Waals surface area contributed by atoms with Crippen LogP contribution in [-0.4, -0.2) is 12.1 Å². The zero-order chi connectivity index (χ0) is 10.1. The average Bonchev–Trinajstić information content (AvgIpc) is 2.17. The number of benzene rings is 1. The lowest BCUT2D eigenvalue weighted by atomic mass is 10.1. The molecular formula is C11H11NO2. The molecule has 0 aliphatic rings. The van der Waals surface area contributed by atoms with Crippen LogP contribution in [0.2, 0.25) is 0 Å². The van der Waals surface area contributed by atoms with Gasteiger partial charge in [-0.05, 0) is 30.0 Å². The van der Waals surface area contributed by atoms with Crippen molar-refractivity contribution < 1.29 is 4.74 Å². The minimum absolute atomic E-state index is 0.0941. The second kappa shape index (κ2) is 3.18. The molecule has 2 rings (SSSR count). The van der Waals surface area contributed by atoms with Crippen molar-refractivity contribution in [2.24, 2.45) is 0 Å². The minimum atomic E-state index is -0.0941. The predicted molar refractivity (Wildman–Crippen MR) is 55.9 cm³/mol. The molecule has 3 nitrogen and oxygen atoms in total. The summed E-state index contributed by atoms with van der Waals surface area (Å²) in [4.78, 5) is 13.8. The number of nitrogens with one attached hydrogen (secondary N) is 1. The Kier molecular flexibility index (Phi) is 2.00. The molecular weight excluding hydrogens is 178 g/mol. The molecule has 0 saturated heterocycles. The van der Waals surface area contributed by atoms with Gasteiger partial charge < -0.3 is 9.72 Å². The van der Waals surface area contributed by atoms with Crippen LogP contribution in [0.15, 0.2) is 29.1 Å². The van der Waals surface area contributed by atoms with Gasteiger partial charge in [-0.2, -0.15) is 0 Å². The number of aryl methyl sites for hydroxylation is 1. The highest BCUT2D eigenvalue weighted by Crippen LogP contribution is 2.22. The number of rotatable bonds is 1. The number of aromatic nitrogens is 1.